The number of benzene rings is 1. The first-order valence-electron chi connectivity index (χ1n) is 8.22. The number of aromatic nitrogens is 2. The van der Waals surface area contributed by atoms with Gasteiger partial charge < -0.3 is 9.72 Å². The van der Waals surface area contributed by atoms with Gasteiger partial charge in [0.2, 0.25) is 0 Å². The molecule has 0 fully saturated rings. The summed E-state index contributed by atoms with van der Waals surface area (Å²) in [7, 11) is 1.94. The van der Waals surface area contributed by atoms with E-state index < -0.39 is 0 Å². The molecule has 2 heterocycles. The average Bonchev–Trinajstić information content (AvgIpc) is 2.95. The number of nitrogens with zero attached hydrogens (tertiary/aromatic N) is 1. The van der Waals surface area contributed by atoms with Crippen LogP contribution in [-0.4, -0.2) is 11.0 Å². The Morgan fingerprint density at radius 3 is 2.65 bits per heavy atom. The first-order chi connectivity index (χ1) is 11.5. The van der Waals surface area contributed by atoms with Gasteiger partial charge in [-0.1, -0.05) is 34.8 Å². The first kappa shape index (κ1) is 21.4. The lowest BCUT2D eigenvalue weighted by Gasteiger charge is -2.03. The maximum atomic E-state index is 12.0. The van der Waals surface area contributed by atoms with E-state index in [0.29, 0.717) is 5.92 Å². The Labute approximate surface area is 156 Å². The number of aromatic amines is 1. The quantitative estimate of drug-likeness (QED) is 0.534. The van der Waals surface area contributed by atoms with E-state index in [1.807, 2.05) is 36.1 Å². The number of carbonyl (C=O) groups excluding carboxylic acids is 1. The molecule has 2 aromatic heterocycles. The van der Waals surface area contributed by atoms with Crippen LogP contribution in [-0.2, 0) is 29.6 Å². The van der Waals surface area contributed by atoms with Crippen LogP contribution in [0.3, 0.4) is 0 Å². The summed E-state index contributed by atoms with van der Waals surface area (Å²) >= 11 is 0. The molecule has 0 aliphatic rings. The Balaban J connectivity index is 0.00000169. The van der Waals surface area contributed by atoms with Crippen LogP contribution >= 0.6 is 0 Å². The summed E-state index contributed by atoms with van der Waals surface area (Å²) in [5.41, 5.74) is 4.24. The van der Waals surface area contributed by atoms with Crippen LogP contribution in [0.4, 0.5) is 0 Å². The molecule has 0 unspecified atom stereocenters. The van der Waals surface area contributed by atoms with Gasteiger partial charge in [-0.15, -0.1) is 0 Å². The molecule has 0 saturated heterocycles. The van der Waals surface area contributed by atoms with E-state index >= 15 is 0 Å². The molecule has 1 aromatic carbocycles. The number of ether oxygens (including phenoxy) is 1. The molecule has 0 spiro atoms. The Kier molecular flexibility index (Phi) is 7.56. The minimum atomic E-state index is -0.220. The molecular formula is C22H31N2O2+. The number of carbonyl (C=O) groups is 1. The van der Waals surface area contributed by atoms with Gasteiger partial charge in [0.05, 0.1) is 12.1 Å². The van der Waals surface area contributed by atoms with E-state index in [1.54, 1.807) is 0 Å². The Morgan fingerprint density at radius 2 is 1.96 bits per heavy atom. The van der Waals surface area contributed by atoms with Gasteiger partial charge in [-0.2, -0.15) is 0 Å². The highest BCUT2D eigenvalue weighted by atomic mass is 16.5. The molecule has 0 amide bonds. The molecule has 0 bridgehead atoms. The molecule has 1 N–H and O–H groups in total. The number of rotatable bonds is 5. The van der Waals surface area contributed by atoms with Crippen molar-refractivity contribution in [2.45, 2.75) is 47.6 Å². The zero-order chi connectivity index (χ0) is 17.1. The average molecular weight is 356 g/mol. The molecule has 140 valence electrons. The second-order valence-electron chi connectivity index (χ2n) is 6.51. The van der Waals surface area contributed by atoms with Crippen LogP contribution in [0.1, 0.15) is 51.4 Å². The summed E-state index contributed by atoms with van der Waals surface area (Å²) in [5.74, 6) is 0.278. The third-order valence-corrected chi connectivity index (χ3v) is 4.11. The summed E-state index contributed by atoms with van der Waals surface area (Å²) in [6.07, 6.45) is 4.15. The van der Waals surface area contributed by atoms with Gasteiger partial charge in [-0.3, -0.25) is 4.79 Å². The summed E-state index contributed by atoms with van der Waals surface area (Å²) in [4.78, 5) is 15.3. The van der Waals surface area contributed by atoms with Crippen molar-refractivity contribution >= 4 is 16.9 Å². The SMILES string of the molecule is C.C.CC(C)c1ccc2[nH]c(COC(=O)Cc3ccc[n+](C)c3)cc2c1. The minimum absolute atomic E-state index is 0. The predicted octanol–water partition coefficient (Wildman–Crippen LogP) is 4.67. The molecule has 0 aliphatic heterocycles. The summed E-state index contributed by atoms with van der Waals surface area (Å²) < 4.78 is 7.32. The van der Waals surface area contributed by atoms with Crippen molar-refractivity contribution in [2.75, 3.05) is 0 Å². The molecule has 0 radical (unpaired) electrons. The fourth-order valence-electron chi connectivity index (χ4n) is 2.78. The maximum absolute atomic E-state index is 12.0. The second-order valence-corrected chi connectivity index (χ2v) is 6.51. The smallest absolute Gasteiger partial charge is 0.310 e. The zero-order valence-corrected chi connectivity index (χ0v) is 14.4. The van der Waals surface area contributed by atoms with E-state index in [1.165, 1.54) is 5.56 Å². The maximum Gasteiger partial charge on any atom is 0.310 e. The second kappa shape index (κ2) is 9.18. The largest absolute Gasteiger partial charge is 0.459 e. The number of nitrogens with one attached hydrogen (secondary N) is 1. The van der Waals surface area contributed by atoms with Crippen molar-refractivity contribution in [3.8, 4) is 0 Å². The monoisotopic (exact) mass is 355 g/mol. The van der Waals surface area contributed by atoms with Gasteiger partial charge in [-0.05, 0) is 35.7 Å². The van der Waals surface area contributed by atoms with Crippen molar-refractivity contribution in [1.29, 1.82) is 0 Å². The summed E-state index contributed by atoms with van der Waals surface area (Å²) in [6, 6.07) is 12.3. The van der Waals surface area contributed by atoms with Gasteiger partial charge in [0.15, 0.2) is 12.4 Å². The summed E-state index contributed by atoms with van der Waals surface area (Å²) in [6.45, 7) is 4.63. The third kappa shape index (κ3) is 5.19. The van der Waals surface area contributed by atoms with Gasteiger partial charge in [0, 0.05) is 22.5 Å². The van der Waals surface area contributed by atoms with E-state index in [4.69, 9.17) is 4.74 Å². The highest BCUT2D eigenvalue weighted by Gasteiger charge is 2.09. The summed E-state index contributed by atoms with van der Waals surface area (Å²) in [5, 5.41) is 1.15. The standard InChI is InChI=1S/C20H23N2O2.2CH4/c1-14(2)16-6-7-19-17(10-16)11-18(21-19)13-24-20(23)9-15-5-4-8-22(3)12-15;;/h4-8,10-12,14,21H,9,13H2,1-3H3;2*1H4/q+1;;. The van der Waals surface area contributed by atoms with E-state index in [-0.39, 0.29) is 33.9 Å². The lowest BCUT2D eigenvalue weighted by Crippen LogP contribution is -2.27. The topological polar surface area (TPSA) is 46.0 Å². The van der Waals surface area contributed by atoms with E-state index in [2.05, 4.69) is 43.1 Å². The number of pyridine rings is 1. The Morgan fingerprint density at radius 1 is 1.19 bits per heavy atom. The highest BCUT2D eigenvalue weighted by Crippen LogP contribution is 2.22. The van der Waals surface area contributed by atoms with Crippen molar-refractivity contribution in [3.63, 3.8) is 0 Å². The molecule has 26 heavy (non-hydrogen) atoms. The van der Waals surface area contributed by atoms with Crippen LogP contribution in [0.2, 0.25) is 0 Å². The Bertz CT molecular complexity index is 865. The molecule has 4 nitrogen and oxygen atoms in total. The van der Waals surface area contributed by atoms with E-state index in [9.17, 15) is 4.79 Å². The number of esters is 1. The van der Waals surface area contributed by atoms with Gasteiger partial charge >= 0.3 is 5.97 Å². The fraction of sp³-hybridized carbons (Fsp3) is 0.364. The molecule has 0 saturated carbocycles. The molecule has 3 rings (SSSR count). The molecular weight excluding hydrogens is 324 g/mol. The number of aryl methyl sites for hydroxylation is 1. The van der Waals surface area contributed by atoms with Gasteiger partial charge in [0.1, 0.15) is 13.7 Å². The number of hydrogen-bond donors (Lipinski definition) is 1. The number of H-pyrrole nitrogens is 1. The van der Waals surface area contributed by atoms with Gasteiger partial charge in [-0.25, -0.2) is 4.57 Å². The van der Waals surface area contributed by atoms with Gasteiger partial charge in [0.25, 0.3) is 0 Å². The zero-order valence-electron chi connectivity index (χ0n) is 14.4. The van der Waals surface area contributed by atoms with Crippen molar-refractivity contribution in [3.05, 3.63) is 65.6 Å². The predicted molar refractivity (Wildman–Crippen MR) is 107 cm³/mol. The van der Waals surface area contributed by atoms with Crippen molar-refractivity contribution < 1.29 is 14.1 Å². The minimum Gasteiger partial charge on any atom is -0.459 e. The van der Waals surface area contributed by atoms with Crippen LogP contribution in [0.5, 0.6) is 0 Å². The number of hydrogen-bond acceptors (Lipinski definition) is 2. The lowest BCUT2D eigenvalue weighted by molar-refractivity contribution is -0.671. The fourth-order valence-corrected chi connectivity index (χ4v) is 2.78. The first-order valence-corrected chi connectivity index (χ1v) is 8.22. The van der Waals surface area contributed by atoms with Crippen molar-refractivity contribution in [2.24, 2.45) is 7.05 Å². The van der Waals surface area contributed by atoms with E-state index in [0.717, 1.165) is 22.2 Å². The van der Waals surface area contributed by atoms with Crippen LogP contribution in [0, 0.1) is 0 Å². The van der Waals surface area contributed by atoms with Crippen molar-refractivity contribution in [1.82, 2.24) is 4.98 Å². The third-order valence-electron chi connectivity index (χ3n) is 4.11. The van der Waals surface area contributed by atoms with Crippen LogP contribution in [0.15, 0.2) is 48.8 Å². The molecule has 0 atom stereocenters. The lowest BCUT2D eigenvalue weighted by atomic mass is 10.0. The van der Waals surface area contributed by atoms with Crippen LogP contribution in [0.25, 0.3) is 10.9 Å². The Hall–Kier alpha value is -2.62. The molecule has 0 aliphatic carbocycles. The number of fused-ring (bicyclic) bond motifs is 1. The van der Waals surface area contributed by atoms with Crippen LogP contribution < -0.4 is 4.57 Å². The molecule has 4 heteroatoms. The highest BCUT2D eigenvalue weighted by molar-refractivity contribution is 5.81. The molecule has 3 aromatic rings. The normalized spacial score (nSPS) is 10.3.